The maximum Gasteiger partial charge on any atom is 0.417 e. The second-order valence-electron chi connectivity index (χ2n) is 12.1. The lowest BCUT2D eigenvalue weighted by atomic mass is 9.98. The molecule has 2 atom stereocenters. The molecule has 4 aromatic rings. The van der Waals surface area contributed by atoms with E-state index in [1.807, 2.05) is 24.3 Å². The molecule has 0 spiro atoms. The number of hydrogen-bond acceptors (Lipinski definition) is 6. The van der Waals surface area contributed by atoms with Gasteiger partial charge >= 0.3 is 12.1 Å². The van der Waals surface area contributed by atoms with E-state index in [1.54, 1.807) is 6.07 Å². The van der Waals surface area contributed by atoms with Crippen LogP contribution in [-0.2, 0) is 6.18 Å². The van der Waals surface area contributed by atoms with E-state index in [1.165, 1.54) is 18.2 Å². The first-order chi connectivity index (χ1) is 20.7. The normalized spacial score (nSPS) is 23.2. The first kappa shape index (κ1) is 26.3. The van der Waals surface area contributed by atoms with E-state index in [2.05, 4.69) is 21.1 Å². The highest BCUT2D eigenvalue weighted by Crippen LogP contribution is 2.54. The number of aromatic nitrogens is 2. The average Bonchev–Trinajstić information content (AvgIpc) is 3.96. The smallest absolute Gasteiger partial charge is 0.417 e. The fraction of sp³-hybridized carbons (Fsp3) is 0.364. The Morgan fingerprint density at radius 1 is 1.05 bits per heavy atom. The summed E-state index contributed by atoms with van der Waals surface area (Å²) in [5.41, 5.74) is 1.83. The SMILES string of the molecule is O=C(O)c1cc(OC2CC2)c2cc(N3CC4C(C=Cc5c(-c6ccccc6C(F)(F)F)noc5C5CC5)C4C3)ccc2n1. The van der Waals surface area contributed by atoms with Crippen LogP contribution >= 0.6 is 0 Å². The van der Waals surface area contributed by atoms with Gasteiger partial charge in [-0.1, -0.05) is 35.5 Å². The standard InChI is InChI=1S/C33H28F3N3O4/c34-33(35,36)26-4-2-1-3-21(26)30-22(31(43-38-30)17-5-6-17)11-10-20-24-15-39(16-25(20)24)18-7-12-27-23(13-18)29(42-19-8-9-19)14-28(37-27)32(40)41/h1-4,7,10-14,17,19-20,24-25H,5-6,8-9,15-16H2,(H,40,41). The van der Waals surface area contributed by atoms with Crippen LogP contribution in [0.5, 0.6) is 5.75 Å². The molecule has 10 heteroatoms. The molecule has 7 nitrogen and oxygen atoms in total. The average molecular weight is 588 g/mol. The van der Waals surface area contributed by atoms with Crippen LogP contribution in [0, 0.1) is 17.8 Å². The monoisotopic (exact) mass is 587 g/mol. The Balaban J connectivity index is 1.02. The number of piperidine rings is 1. The van der Waals surface area contributed by atoms with Gasteiger partial charge in [-0.15, -0.1) is 0 Å². The molecular formula is C33H28F3N3O4. The van der Waals surface area contributed by atoms with Gasteiger partial charge in [0.2, 0.25) is 0 Å². The van der Waals surface area contributed by atoms with Gasteiger partial charge in [0, 0.05) is 47.3 Å². The minimum absolute atomic E-state index is 0.0318. The van der Waals surface area contributed by atoms with Crippen molar-refractivity contribution in [3.05, 3.63) is 77.2 Å². The zero-order valence-electron chi connectivity index (χ0n) is 23.1. The van der Waals surface area contributed by atoms with Crippen molar-refractivity contribution in [1.82, 2.24) is 10.1 Å². The number of anilines is 1. The Labute approximate surface area is 244 Å². The minimum atomic E-state index is -4.49. The van der Waals surface area contributed by atoms with Gasteiger partial charge in [-0.25, -0.2) is 9.78 Å². The number of carboxylic acid groups (broad SMARTS) is 1. The van der Waals surface area contributed by atoms with Crippen molar-refractivity contribution in [1.29, 1.82) is 0 Å². The van der Waals surface area contributed by atoms with E-state index in [0.29, 0.717) is 40.3 Å². The number of pyridine rings is 1. The van der Waals surface area contributed by atoms with Crippen LogP contribution in [0.2, 0.25) is 0 Å². The van der Waals surface area contributed by atoms with Crippen molar-refractivity contribution in [2.24, 2.45) is 17.8 Å². The van der Waals surface area contributed by atoms with Crippen LogP contribution in [0.25, 0.3) is 28.2 Å². The van der Waals surface area contributed by atoms with Crippen molar-refractivity contribution < 1.29 is 32.3 Å². The molecule has 8 rings (SSSR count). The van der Waals surface area contributed by atoms with Crippen molar-refractivity contribution in [2.75, 3.05) is 18.0 Å². The maximum atomic E-state index is 13.8. The number of benzene rings is 2. The summed E-state index contributed by atoms with van der Waals surface area (Å²) in [5.74, 6) is 1.57. The van der Waals surface area contributed by atoms with E-state index in [0.717, 1.165) is 55.9 Å². The number of nitrogens with zero attached hydrogens (tertiary/aromatic N) is 3. The summed E-state index contributed by atoms with van der Waals surface area (Å²) in [6.07, 6.45) is 3.52. The number of ether oxygens (including phenoxy) is 1. The van der Waals surface area contributed by atoms with Gasteiger partial charge in [0.05, 0.1) is 17.2 Å². The molecule has 1 N–H and O–H groups in total. The molecule has 3 aliphatic carbocycles. The quantitative estimate of drug-likeness (QED) is 0.230. The van der Waals surface area contributed by atoms with Crippen molar-refractivity contribution in [3.8, 4) is 17.0 Å². The van der Waals surface area contributed by atoms with Gasteiger partial charge in [-0.3, -0.25) is 0 Å². The Bertz CT molecular complexity index is 1780. The third kappa shape index (κ3) is 4.82. The molecule has 0 bridgehead atoms. The molecule has 4 fully saturated rings. The number of fused-ring (bicyclic) bond motifs is 2. The van der Waals surface area contributed by atoms with E-state index in [4.69, 9.17) is 9.26 Å². The molecule has 2 aromatic heterocycles. The molecule has 43 heavy (non-hydrogen) atoms. The number of carbonyl (C=O) groups is 1. The number of halogens is 3. The van der Waals surface area contributed by atoms with Crippen LogP contribution < -0.4 is 9.64 Å². The molecule has 3 heterocycles. The summed E-state index contributed by atoms with van der Waals surface area (Å²) in [4.78, 5) is 18.2. The van der Waals surface area contributed by atoms with Crippen molar-refractivity contribution in [3.63, 3.8) is 0 Å². The number of rotatable bonds is 8. The molecule has 4 aliphatic rings. The molecule has 1 aliphatic heterocycles. The van der Waals surface area contributed by atoms with E-state index < -0.39 is 17.7 Å². The fourth-order valence-electron chi connectivity index (χ4n) is 6.47. The molecule has 0 radical (unpaired) electrons. The van der Waals surface area contributed by atoms with Crippen LogP contribution in [0.4, 0.5) is 18.9 Å². The summed E-state index contributed by atoms with van der Waals surface area (Å²) < 4.78 is 53.1. The molecule has 2 unspecified atom stereocenters. The second-order valence-corrected chi connectivity index (χ2v) is 12.1. The molecule has 2 aromatic carbocycles. The van der Waals surface area contributed by atoms with Crippen molar-refractivity contribution in [2.45, 2.75) is 43.9 Å². The number of aromatic carboxylic acids is 1. The zero-order chi connectivity index (χ0) is 29.5. The van der Waals surface area contributed by atoms with Crippen LogP contribution in [-0.4, -0.2) is 40.4 Å². The third-order valence-electron chi connectivity index (χ3n) is 9.09. The highest BCUT2D eigenvalue weighted by Gasteiger charge is 2.54. The first-order valence-corrected chi connectivity index (χ1v) is 14.7. The van der Waals surface area contributed by atoms with Crippen LogP contribution in [0.3, 0.4) is 0 Å². The van der Waals surface area contributed by atoms with Gasteiger partial charge in [-0.05, 0) is 67.7 Å². The number of alkyl halides is 3. The summed E-state index contributed by atoms with van der Waals surface area (Å²) in [7, 11) is 0. The Morgan fingerprint density at radius 2 is 1.81 bits per heavy atom. The predicted octanol–water partition coefficient (Wildman–Crippen LogP) is 7.42. The Kier molecular flexibility index (Phi) is 5.86. The lowest BCUT2D eigenvalue weighted by molar-refractivity contribution is -0.137. The van der Waals surface area contributed by atoms with Gasteiger partial charge in [0.25, 0.3) is 0 Å². The molecular weight excluding hydrogens is 559 g/mol. The summed E-state index contributed by atoms with van der Waals surface area (Å²) in [5, 5.41) is 14.4. The van der Waals surface area contributed by atoms with E-state index >= 15 is 0 Å². The summed E-state index contributed by atoms with van der Waals surface area (Å²) in [6.45, 7) is 1.71. The van der Waals surface area contributed by atoms with Gasteiger partial charge in [0.1, 0.15) is 17.2 Å². The summed E-state index contributed by atoms with van der Waals surface area (Å²) in [6, 6.07) is 12.9. The van der Waals surface area contributed by atoms with E-state index in [9.17, 15) is 23.1 Å². The maximum absolute atomic E-state index is 13.8. The molecule has 3 saturated carbocycles. The third-order valence-corrected chi connectivity index (χ3v) is 9.09. The largest absolute Gasteiger partial charge is 0.490 e. The summed E-state index contributed by atoms with van der Waals surface area (Å²) >= 11 is 0. The second kappa shape index (κ2) is 9.59. The lowest BCUT2D eigenvalue weighted by Gasteiger charge is -2.22. The first-order valence-electron chi connectivity index (χ1n) is 14.7. The van der Waals surface area contributed by atoms with Crippen molar-refractivity contribution >= 4 is 28.6 Å². The molecule has 1 saturated heterocycles. The number of carboxylic acids is 1. The predicted molar refractivity (Wildman–Crippen MR) is 153 cm³/mol. The van der Waals surface area contributed by atoms with Gasteiger partial charge in [-0.2, -0.15) is 13.2 Å². The van der Waals surface area contributed by atoms with E-state index in [-0.39, 0.29) is 29.0 Å². The topological polar surface area (TPSA) is 88.7 Å². The van der Waals surface area contributed by atoms with Gasteiger partial charge < -0.3 is 19.3 Å². The lowest BCUT2D eigenvalue weighted by Crippen LogP contribution is -2.23. The molecule has 0 amide bonds. The highest BCUT2D eigenvalue weighted by atomic mass is 19.4. The zero-order valence-corrected chi connectivity index (χ0v) is 23.1. The number of hydrogen-bond donors (Lipinski definition) is 1. The Morgan fingerprint density at radius 3 is 2.51 bits per heavy atom. The highest BCUT2D eigenvalue weighted by molar-refractivity contribution is 5.94. The molecule has 220 valence electrons. The van der Waals surface area contributed by atoms with Crippen LogP contribution in [0.15, 0.2) is 59.1 Å². The fourth-order valence-corrected chi connectivity index (χ4v) is 6.47. The number of allylic oxidation sites excluding steroid dienone is 1. The Hall–Kier alpha value is -4.34. The van der Waals surface area contributed by atoms with Crippen LogP contribution in [0.1, 0.15) is 59.0 Å². The minimum Gasteiger partial charge on any atom is -0.490 e. The van der Waals surface area contributed by atoms with Gasteiger partial charge in [0.15, 0.2) is 5.69 Å².